The minimum absolute atomic E-state index is 0.162. The molecule has 0 saturated carbocycles. The number of nitro groups is 1. The van der Waals surface area contributed by atoms with Crippen LogP contribution in [0.4, 0.5) is 5.69 Å². The number of Topliss-reactive ketones (excluding diaryl/α,β-unsaturated/α-hetero) is 1. The van der Waals surface area contributed by atoms with Gasteiger partial charge in [0.05, 0.1) is 11.1 Å². The fraction of sp³-hybridized carbons (Fsp3) is 0.407. The molecule has 5 rings (SSSR count). The Kier molecular flexibility index (Phi) is 5.29. The Labute approximate surface area is 213 Å². The summed E-state index contributed by atoms with van der Waals surface area (Å²) in [5, 5.41) is 17.4. The van der Waals surface area contributed by atoms with Gasteiger partial charge in [0.2, 0.25) is 5.41 Å². The molecule has 2 fully saturated rings. The van der Waals surface area contributed by atoms with E-state index >= 15 is 0 Å². The number of hydrogen-bond acceptors (Lipinski definition) is 9. The zero-order valence-corrected chi connectivity index (χ0v) is 21.1. The highest BCUT2D eigenvalue weighted by Gasteiger charge is 2.75. The van der Waals surface area contributed by atoms with Crippen molar-refractivity contribution in [1.29, 1.82) is 0 Å². The molecule has 0 N–H and O–H groups in total. The van der Waals surface area contributed by atoms with E-state index in [1.54, 1.807) is 39.1 Å². The van der Waals surface area contributed by atoms with E-state index in [4.69, 9.17) is 9.47 Å². The highest BCUT2D eigenvalue weighted by molar-refractivity contribution is 6.07. The molecule has 3 unspecified atom stereocenters. The molecule has 10 heteroatoms. The zero-order valence-electron chi connectivity index (χ0n) is 21.1. The van der Waals surface area contributed by atoms with Crippen LogP contribution in [0.5, 0.6) is 0 Å². The van der Waals surface area contributed by atoms with Crippen LogP contribution in [0, 0.1) is 20.9 Å². The highest BCUT2D eigenvalue weighted by Crippen LogP contribution is 2.63. The number of esters is 2. The summed E-state index contributed by atoms with van der Waals surface area (Å²) in [7, 11) is 0. The number of hydrogen-bond donors (Lipinski definition) is 0. The lowest BCUT2D eigenvalue weighted by molar-refractivity contribution is -0.384. The predicted octanol–water partition coefficient (Wildman–Crippen LogP) is 3.89. The number of ketones is 1. The molecule has 0 aromatic heterocycles. The van der Waals surface area contributed by atoms with Crippen molar-refractivity contribution < 1.29 is 28.8 Å². The van der Waals surface area contributed by atoms with Crippen LogP contribution in [0.1, 0.15) is 63.3 Å². The number of nitrogens with zero attached hydrogens (tertiary/aromatic N) is 3. The first-order valence-electron chi connectivity index (χ1n) is 12.0. The maximum atomic E-state index is 14.1. The first-order chi connectivity index (χ1) is 17.3. The predicted molar refractivity (Wildman–Crippen MR) is 131 cm³/mol. The molecule has 3 aliphatic heterocycles. The van der Waals surface area contributed by atoms with Crippen molar-refractivity contribution in [3.8, 4) is 0 Å². The van der Waals surface area contributed by atoms with Crippen LogP contribution in [0.15, 0.2) is 53.6 Å². The van der Waals surface area contributed by atoms with Gasteiger partial charge in [-0.25, -0.2) is 0 Å². The van der Waals surface area contributed by atoms with E-state index in [2.05, 4.69) is 5.10 Å². The number of hydrazone groups is 1. The van der Waals surface area contributed by atoms with E-state index in [0.717, 1.165) is 0 Å². The summed E-state index contributed by atoms with van der Waals surface area (Å²) in [6, 6.07) is 10.7. The minimum Gasteiger partial charge on any atom is -0.422 e. The average molecular weight is 506 g/mol. The molecule has 2 aromatic carbocycles. The van der Waals surface area contributed by atoms with E-state index in [0.29, 0.717) is 16.7 Å². The van der Waals surface area contributed by atoms with Crippen molar-refractivity contribution in [3.05, 3.63) is 75.3 Å². The molecular weight excluding hydrogens is 478 g/mol. The second kappa shape index (κ2) is 7.96. The maximum absolute atomic E-state index is 14.1. The van der Waals surface area contributed by atoms with Crippen LogP contribution < -0.4 is 0 Å². The quantitative estimate of drug-likeness (QED) is 0.266. The maximum Gasteiger partial charge on any atom is 0.330 e. The van der Waals surface area contributed by atoms with Crippen molar-refractivity contribution in [2.75, 3.05) is 0 Å². The summed E-state index contributed by atoms with van der Waals surface area (Å²) in [6.07, 6.45) is 1.60. The fourth-order valence-electron chi connectivity index (χ4n) is 5.63. The average Bonchev–Trinajstić information content (AvgIpc) is 3.13. The van der Waals surface area contributed by atoms with Crippen LogP contribution in [-0.2, 0) is 23.9 Å². The molecule has 0 aliphatic carbocycles. The smallest absolute Gasteiger partial charge is 0.330 e. The second-order valence-electron chi connectivity index (χ2n) is 11.1. The molecule has 1 spiro atoms. The van der Waals surface area contributed by atoms with E-state index in [9.17, 15) is 24.5 Å². The molecule has 2 aromatic rings. The van der Waals surface area contributed by atoms with Crippen molar-refractivity contribution in [2.24, 2.45) is 15.9 Å². The largest absolute Gasteiger partial charge is 0.422 e. The molecule has 192 valence electrons. The number of fused-ring (bicyclic) bond motifs is 4. The second-order valence-corrected chi connectivity index (χ2v) is 11.1. The van der Waals surface area contributed by atoms with Gasteiger partial charge in [0, 0.05) is 37.3 Å². The van der Waals surface area contributed by atoms with Crippen LogP contribution in [0.3, 0.4) is 0 Å². The van der Waals surface area contributed by atoms with Gasteiger partial charge in [-0.15, -0.1) is 0 Å². The molecule has 3 aliphatic rings. The van der Waals surface area contributed by atoms with Gasteiger partial charge in [0.1, 0.15) is 12.1 Å². The van der Waals surface area contributed by atoms with Gasteiger partial charge >= 0.3 is 11.9 Å². The third-order valence-corrected chi connectivity index (χ3v) is 7.23. The molecule has 2 saturated heterocycles. The number of carbonyl (C=O) groups excluding carboxylic acids is 3. The molecule has 0 radical (unpaired) electrons. The Balaban J connectivity index is 1.83. The molecule has 0 amide bonds. The Bertz CT molecular complexity index is 1340. The van der Waals surface area contributed by atoms with Crippen LogP contribution >= 0.6 is 0 Å². The zero-order chi connectivity index (χ0) is 26.9. The third kappa shape index (κ3) is 3.53. The third-order valence-electron chi connectivity index (χ3n) is 7.23. The van der Waals surface area contributed by atoms with Crippen LogP contribution in [0.2, 0.25) is 0 Å². The standard InChI is InChI=1S/C27H27N3O7/c1-25(2,3)22(31)20-19(15-10-12-17(13-11-15)30(34)35)27(23(32)36-26(4,5)37-24(27)33)21-18-9-7-6-8-16(18)14-28-29(20)21/h6-14,19-21H,1-5H3. The van der Waals surface area contributed by atoms with E-state index in [1.165, 1.54) is 43.1 Å². The summed E-state index contributed by atoms with van der Waals surface area (Å²) in [5.41, 5.74) is -1.31. The van der Waals surface area contributed by atoms with E-state index in [-0.39, 0.29) is 11.5 Å². The number of nitro benzene ring substituents is 1. The minimum atomic E-state index is -1.99. The fourth-order valence-corrected chi connectivity index (χ4v) is 5.63. The first-order valence-corrected chi connectivity index (χ1v) is 12.0. The number of rotatable bonds is 3. The Morgan fingerprint density at radius 3 is 2.19 bits per heavy atom. The number of cyclic esters (lactones) is 2. The number of benzene rings is 2. The van der Waals surface area contributed by atoms with Crippen molar-refractivity contribution in [1.82, 2.24) is 5.01 Å². The van der Waals surface area contributed by atoms with Gasteiger partial charge < -0.3 is 9.47 Å². The Morgan fingerprint density at radius 1 is 1.03 bits per heavy atom. The molecule has 37 heavy (non-hydrogen) atoms. The monoisotopic (exact) mass is 505 g/mol. The van der Waals surface area contributed by atoms with Crippen molar-refractivity contribution in [3.63, 3.8) is 0 Å². The summed E-state index contributed by atoms with van der Waals surface area (Å²) >= 11 is 0. The lowest BCUT2D eigenvalue weighted by atomic mass is 9.64. The molecule has 3 atom stereocenters. The molecule has 3 heterocycles. The Hall–Kier alpha value is -4.08. The molecular formula is C27H27N3O7. The van der Waals surface area contributed by atoms with Gasteiger partial charge in [-0.3, -0.25) is 29.5 Å². The SMILES string of the molecule is CC1(C)OC(=O)C2(C(=O)O1)C(c1ccc([N+](=O)[O-])cc1)C(C(=O)C(C)(C)C)N1N=Cc3ccccc3C12. The highest BCUT2D eigenvalue weighted by atomic mass is 16.7. The van der Waals surface area contributed by atoms with Gasteiger partial charge in [-0.05, 0) is 16.7 Å². The first kappa shape index (κ1) is 24.6. The van der Waals surface area contributed by atoms with E-state index in [1.807, 2.05) is 12.1 Å². The van der Waals surface area contributed by atoms with Gasteiger partial charge in [0.15, 0.2) is 5.78 Å². The summed E-state index contributed by atoms with van der Waals surface area (Å²) in [6.45, 7) is 8.20. The topological polar surface area (TPSA) is 128 Å². The van der Waals surface area contributed by atoms with Crippen LogP contribution in [-0.4, -0.2) is 45.7 Å². The normalized spacial score (nSPS) is 25.2. The molecule has 0 bridgehead atoms. The number of carbonyl (C=O) groups is 3. The van der Waals surface area contributed by atoms with Gasteiger partial charge in [-0.1, -0.05) is 57.2 Å². The van der Waals surface area contributed by atoms with Crippen LogP contribution in [0.25, 0.3) is 0 Å². The summed E-state index contributed by atoms with van der Waals surface area (Å²) < 4.78 is 11.4. The van der Waals surface area contributed by atoms with Crippen molar-refractivity contribution in [2.45, 2.75) is 58.4 Å². The lowest BCUT2D eigenvalue weighted by Gasteiger charge is -2.44. The lowest BCUT2D eigenvalue weighted by Crippen LogP contribution is -2.58. The molecule has 10 nitrogen and oxygen atoms in total. The number of ether oxygens (including phenoxy) is 2. The summed E-state index contributed by atoms with van der Waals surface area (Å²) in [5.74, 6) is -4.51. The van der Waals surface area contributed by atoms with Gasteiger partial charge in [0.25, 0.3) is 11.5 Å². The Morgan fingerprint density at radius 2 is 1.62 bits per heavy atom. The summed E-state index contributed by atoms with van der Waals surface area (Å²) in [4.78, 5) is 52.9. The van der Waals surface area contributed by atoms with E-state index < -0.39 is 51.5 Å². The van der Waals surface area contributed by atoms with Gasteiger partial charge in [-0.2, -0.15) is 5.10 Å². The van der Waals surface area contributed by atoms with Crippen molar-refractivity contribution >= 4 is 29.6 Å². The number of non-ortho nitro benzene ring substituents is 1.